The molecule has 3 heteroatoms. The third kappa shape index (κ3) is 3.10. The van der Waals surface area contributed by atoms with Crippen LogP contribution in [-0.2, 0) is 16.8 Å². The van der Waals surface area contributed by atoms with Crippen LogP contribution >= 0.6 is 0 Å². The van der Waals surface area contributed by atoms with Crippen molar-refractivity contribution in [1.29, 1.82) is 0 Å². The molecular weight excluding hydrogens is 224 g/mol. The summed E-state index contributed by atoms with van der Waals surface area (Å²) in [5, 5.41) is 2.92. The van der Waals surface area contributed by atoms with Gasteiger partial charge in [0.1, 0.15) is 0 Å². The Kier molecular flexibility index (Phi) is 3.71. The molecule has 0 bridgehead atoms. The molecule has 0 unspecified atom stereocenters. The Bertz CT molecular complexity index is 436. The van der Waals surface area contributed by atoms with E-state index in [2.05, 4.69) is 17.4 Å². The summed E-state index contributed by atoms with van der Waals surface area (Å²) in [5.74, 6) is 0.113. The largest absolute Gasteiger partial charge is 0.354 e. The number of nitrogens with two attached hydrogens (primary N) is 1. The summed E-state index contributed by atoms with van der Waals surface area (Å²) < 4.78 is 0. The quantitative estimate of drug-likeness (QED) is 0.836. The van der Waals surface area contributed by atoms with Gasteiger partial charge >= 0.3 is 0 Å². The van der Waals surface area contributed by atoms with Gasteiger partial charge < -0.3 is 11.1 Å². The molecule has 0 atom stereocenters. The molecule has 0 aliphatic heterocycles. The minimum atomic E-state index is -0.120. The number of amides is 1. The summed E-state index contributed by atoms with van der Waals surface area (Å²) in [4.78, 5) is 11.7. The van der Waals surface area contributed by atoms with Crippen molar-refractivity contribution in [2.75, 3.05) is 0 Å². The molecule has 1 amide bonds. The number of carbonyl (C=O) groups excluding carboxylic acids is 1. The van der Waals surface area contributed by atoms with Crippen LogP contribution in [0.2, 0.25) is 0 Å². The molecule has 0 spiro atoms. The molecule has 1 fully saturated rings. The monoisotopic (exact) mass is 246 g/mol. The summed E-state index contributed by atoms with van der Waals surface area (Å²) in [6.07, 6.45) is 3.42. The third-order valence-electron chi connectivity index (χ3n) is 3.41. The van der Waals surface area contributed by atoms with Crippen LogP contribution in [0.1, 0.15) is 44.2 Å². The number of hydrogen-bond donors (Lipinski definition) is 2. The number of benzene rings is 1. The van der Waals surface area contributed by atoms with Crippen LogP contribution in [0.15, 0.2) is 24.3 Å². The van der Waals surface area contributed by atoms with E-state index in [1.165, 1.54) is 11.1 Å². The molecule has 98 valence electrons. The Balaban J connectivity index is 1.99. The average Bonchev–Trinajstić information content (AvgIpc) is 3.05. The van der Waals surface area contributed by atoms with E-state index in [1.54, 1.807) is 0 Å². The van der Waals surface area contributed by atoms with Crippen molar-refractivity contribution in [2.45, 2.75) is 51.1 Å². The molecule has 2 rings (SSSR count). The van der Waals surface area contributed by atoms with E-state index in [0.717, 1.165) is 19.3 Å². The van der Waals surface area contributed by atoms with Gasteiger partial charge in [0.15, 0.2) is 0 Å². The molecule has 3 N–H and O–H groups in total. The number of carbonyl (C=O) groups is 1. The first-order valence-electron chi connectivity index (χ1n) is 6.68. The zero-order valence-electron chi connectivity index (χ0n) is 11.2. The van der Waals surface area contributed by atoms with E-state index >= 15 is 0 Å². The van der Waals surface area contributed by atoms with Gasteiger partial charge in [-0.2, -0.15) is 0 Å². The molecule has 0 heterocycles. The normalized spacial score (nSPS) is 16.7. The van der Waals surface area contributed by atoms with Crippen LogP contribution in [0, 0.1) is 0 Å². The Labute approximate surface area is 109 Å². The summed E-state index contributed by atoms with van der Waals surface area (Å²) >= 11 is 0. The standard InChI is InChI=1S/C15H22N2O/c1-11(2)17-14(18)8-7-12-5-3-4-6-13(12)15(16)9-10-15/h3-6,11H,7-10,16H2,1-2H3,(H,17,18). The number of hydrogen-bond acceptors (Lipinski definition) is 2. The highest BCUT2D eigenvalue weighted by molar-refractivity contribution is 5.76. The van der Waals surface area contributed by atoms with Crippen molar-refractivity contribution < 1.29 is 4.79 Å². The van der Waals surface area contributed by atoms with E-state index < -0.39 is 0 Å². The number of aryl methyl sites for hydroxylation is 1. The van der Waals surface area contributed by atoms with Gasteiger partial charge in [0.2, 0.25) is 5.91 Å². The Morgan fingerprint density at radius 3 is 2.67 bits per heavy atom. The Morgan fingerprint density at radius 1 is 1.39 bits per heavy atom. The van der Waals surface area contributed by atoms with Crippen molar-refractivity contribution in [3.05, 3.63) is 35.4 Å². The van der Waals surface area contributed by atoms with E-state index in [0.29, 0.717) is 6.42 Å². The predicted molar refractivity (Wildman–Crippen MR) is 73.1 cm³/mol. The lowest BCUT2D eigenvalue weighted by atomic mass is 9.96. The highest BCUT2D eigenvalue weighted by atomic mass is 16.1. The average molecular weight is 246 g/mol. The van der Waals surface area contributed by atoms with Crippen LogP contribution in [0.4, 0.5) is 0 Å². The lowest BCUT2D eigenvalue weighted by molar-refractivity contribution is -0.121. The van der Waals surface area contributed by atoms with E-state index in [9.17, 15) is 4.79 Å². The van der Waals surface area contributed by atoms with Gasteiger partial charge in [-0.05, 0) is 44.2 Å². The van der Waals surface area contributed by atoms with Gasteiger partial charge in [0.05, 0.1) is 0 Å². The van der Waals surface area contributed by atoms with Gasteiger partial charge in [0, 0.05) is 18.0 Å². The first-order valence-corrected chi connectivity index (χ1v) is 6.68. The zero-order valence-corrected chi connectivity index (χ0v) is 11.2. The van der Waals surface area contributed by atoms with Crippen LogP contribution in [0.25, 0.3) is 0 Å². The van der Waals surface area contributed by atoms with Crippen LogP contribution in [0.5, 0.6) is 0 Å². The molecule has 18 heavy (non-hydrogen) atoms. The predicted octanol–water partition coefficient (Wildman–Crippen LogP) is 2.09. The fraction of sp³-hybridized carbons (Fsp3) is 0.533. The summed E-state index contributed by atoms with van der Waals surface area (Å²) in [6, 6.07) is 8.44. The van der Waals surface area contributed by atoms with Crippen molar-refractivity contribution in [3.63, 3.8) is 0 Å². The fourth-order valence-electron chi connectivity index (χ4n) is 2.27. The Morgan fingerprint density at radius 2 is 2.06 bits per heavy atom. The highest BCUT2D eigenvalue weighted by Crippen LogP contribution is 2.44. The maximum absolute atomic E-state index is 11.7. The summed E-state index contributed by atoms with van der Waals surface area (Å²) in [7, 11) is 0. The molecule has 0 aromatic heterocycles. The van der Waals surface area contributed by atoms with E-state index in [4.69, 9.17) is 5.73 Å². The molecular formula is C15H22N2O. The molecule has 1 aromatic rings. The lowest BCUT2D eigenvalue weighted by Gasteiger charge is -2.15. The van der Waals surface area contributed by atoms with Crippen molar-refractivity contribution >= 4 is 5.91 Å². The molecule has 1 aromatic carbocycles. The second-order valence-electron chi connectivity index (χ2n) is 5.54. The lowest BCUT2D eigenvalue weighted by Crippen LogP contribution is -2.30. The second-order valence-corrected chi connectivity index (χ2v) is 5.54. The minimum Gasteiger partial charge on any atom is -0.354 e. The first kappa shape index (κ1) is 13.1. The van der Waals surface area contributed by atoms with Gasteiger partial charge in [-0.15, -0.1) is 0 Å². The maximum atomic E-state index is 11.7. The van der Waals surface area contributed by atoms with Gasteiger partial charge in [-0.3, -0.25) is 4.79 Å². The SMILES string of the molecule is CC(C)NC(=O)CCc1ccccc1C1(N)CC1. The molecule has 0 radical (unpaired) electrons. The third-order valence-corrected chi connectivity index (χ3v) is 3.41. The Hall–Kier alpha value is -1.35. The first-order chi connectivity index (χ1) is 8.51. The van der Waals surface area contributed by atoms with Crippen molar-refractivity contribution in [2.24, 2.45) is 5.73 Å². The summed E-state index contributed by atoms with van der Waals surface area (Å²) in [6.45, 7) is 3.95. The topological polar surface area (TPSA) is 55.1 Å². The smallest absolute Gasteiger partial charge is 0.220 e. The van der Waals surface area contributed by atoms with Crippen LogP contribution in [0.3, 0.4) is 0 Å². The van der Waals surface area contributed by atoms with E-state index in [-0.39, 0.29) is 17.5 Å². The van der Waals surface area contributed by atoms with E-state index in [1.807, 2.05) is 26.0 Å². The molecule has 1 aliphatic rings. The highest BCUT2D eigenvalue weighted by Gasteiger charge is 2.41. The maximum Gasteiger partial charge on any atom is 0.220 e. The number of nitrogens with one attached hydrogen (secondary N) is 1. The fourth-order valence-corrected chi connectivity index (χ4v) is 2.27. The summed E-state index contributed by atoms with van der Waals surface area (Å²) in [5.41, 5.74) is 8.58. The zero-order chi connectivity index (χ0) is 13.2. The van der Waals surface area contributed by atoms with Gasteiger partial charge in [-0.25, -0.2) is 0 Å². The van der Waals surface area contributed by atoms with Gasteiger partial charge in [-0.1, -0.05) is 24.3 Å². The van der Waals surface area contributed by atoms with Gasteiger partial charge in [0.25, 0.3) is 0 Å². The molecule has 1 aliphatic carbocycles. The van der Waals surface area contributed by atoms with Crippen LogP contribution < -0.4 is 11.1 Å². The molecule has 3 nitrogen and oxygen atoms in total. The molecule has 1 saturated carbocycles. The van der Waals surface area contributed by atoms with Crippen molar-refractivity contribution in [1.82, 2.24) is 5.32 Å². The van der Waals surface area contributed by atoms with Crippen molar-refractivity contribution in [3.8, 4) is 0 Å². The number of rotatable bonds is 5. The molecule has 0 saturated heterocycles. The second kappa shape index (κ2) is 5.11. The minimum absolute atomic E-state index is 0.113. The van der Waals surface area contributed by atoms with Crippen LogP contribution in [-0.4, -0.2) is 11.9 Å².